The summed E-state index contributed by atoms with van der Waals surface area (Å²) in [5, 5.41) is 11.6. The van der Waals surface area contributed by atoms with Crippen LogP contribution in [0.15, 0.2) is 59.6 Å². The van der Waals surface area contributed by atoms with Gasteiger partial charge in [0.05, 0.1) is 17.1 Å². The molecular formula is C19H22N6O2S. The van der Waals surface area contributed by atoms with Crippen molar-refractivity contribution in [3.63, 3.8) is 0 Å². The molecule has 0 spiro atoms. The Morgan fingerprint density at radius 1 is 1.00 bits per heavy atom. The molecule has 0 unspecified atom stereocenters. The van der Waals surface area contributed by atoms with Gasteiger partial charge >= 0.3 is 0 Å². The molecule has 0 aliphatic heterocycles. The monoisotopic (exact) mass is 398 g/mol. The zero-order valence-electron chi connectivity index (χ0n) is 15.5. The van der Waals surface area contributed by atoms with Gasteiger partial charge < -0.3 is 10.6 Å². The topological polar surface area (TPSA) is 123 Å². The van der Waals surface area contributed by atoms with Crippen LogP contribution in [0.4, 0.5) is 11.6 Å². The summed E-state index contributed by atoms with van der Waals surface area (Å²) < 4.78 is 22.6. The molecule has 0 fully saturated rings. The summed E-state index contributed by atoms with van der Waals surface area (Å²) in [6.45, 7) is 3.06. The zero-order chi connectivity index (χ0) is 20.0. The fourth-order valence-corrected chi connectivity index (χ4v) is 3.13. The molecule has 0 amide bonds. The molecule has 2 heterocycles. The number of hydrogen-bond acceptors (Lipinski definition) is 7. The Labute approximate surface area is 164 Å². The van der Waals surface area contributed by atoms with Crippen molar-refractivity contribution in [2.24, 2.45) is 5.14 Å². The van der Waals surface area contributed by atoms with Crippen molar-refractivity contribution in [2.75, 3.05) is 17.2 Å². The van der Waals surface area contributed by atoms with E-state index in [0.717, 1.165) is 22.9 Å². The molecule has 4 N–H and O–H groups in total. The second-order valence-electron chi connectivity index (χ2n) is 6.23. The van der Waals surface area contributed by atoms with E-state index in [-0.39, 0.29) is 4.90 Å². The molecule has 3 aromatic rings. The number of pyridine rings is 1. The van der Waals surface area contributed by atoms with Crippen molar-refractivity contribution in [3.05, 3.63) is 71.8 Å². The van der Waals surface area contributed by atoms with Crippen LogP contribution in [0.5, 0.6) is 0 Å². The molecule has 0 atom stereocenters. The minimum atomic E-state index is -3.66. The third-order valence-corrected chi connectivity index (χ3v) is 4.92. The fraction of sp³-hybridized carbons (Fsp3) is 0.211. The van der Waals surface area contributed by atoms with Crippen LogP contribution in [0.2, 0.25) is 0 Å². The second-order valence-corrected chi connectivity index (χ2v) is 7.79. The van der Waals surface area contributed by atoms with Gasteiger partial charge in [0.1, 0.15) is 17.5 Å². The highest BCUT2D eigenvalue weighted by molar-refractivity contribution is 7.89. The molecule has 0 bridgehead atoms. The molecule has 1 aromatic carbocycles. The normalized spacial score (nSPS) is 11.2. The third kappa shape index (κ3) is 5.73. The second kappa shape index (κ2) is 8.77. The summed E-state index contributed by atoms with van der Waals surface area (Å²) in [6, 6.07) is 14.2. The predicted octanol–water partition coefficient (Wildman–Crippen LogP) is 2.09. The predicted molar refractivity (Wildman–Crippen MR) is 108 cm³/mol. The zero-order valence-corrected chi connectivity index (χ0v) is 16.3. The first kappa shape index (κ1) is 19.7. The van der Waals surface area contributed by atoms with E-state index in [2.05, 4.69) is 25.6 Å². The van der Waals surface area contributed by atoms with Crippen LogP contribution in [0, 0.1) is 6.92 Å². The van der Waals surface area contributed by atoms with Gasteiger partial charge in [-0.2, -0.15) is 0 Å². The number of rotatable bonds is 8. The van der Waals surface area contributed by atoms with Gasteiger partial charge in [-0.3, -0.25) is 4.98 Å². The van der Waals surface area contributed by atoms with Crippen molar-refractivity contribution in [3.8, 4) is 0 Å². The van der Waals surface area contributed by atoms with Crippen molar-refractivity contribution in [2.45, 2.75) is 24.8 Å². The van der Waals surface area contributed by atoms with Gasteiger partial charge in [0.25, 0.3) is 0 Å². The Morgan fingerprint density at radius 2 is 1.71 bits per heavy atom. The van der Waals surface area contributed by atoms with E-state index < -0.39 is 10.0 Å². The summed E-state index contributed by atoms with van der Waals surface area (Å²) >= 11 is 0. The highest BCUT2D eigenvalue weighted by atomic mass is 32.2. The number of sulfonamides is 1. The standard InChI is InChI=1S/C19H22N6O2S/c1-14-24-18(12-19(25-14)23-13-16-4-2-3-10-21-16)22-11-9-15-5-7-17(8-6-15)28(20,26)27/h2-8,10,12H,9,11,13H2,1H3,(H2,20,26,27)(H2,22,23,24,25). The largest absolute Gasteiger partial charge is 0.370 e. The Morgan fingerprint density at radius 3 is 2.36 bits per heavy atom. The number of anilines is 2. The number of benzene rings is 1. The summed E-state index contributed by atoms with van der Waals surface area (Å²) in [5.74, 6) is 2.10. The minimum absolute atomic E-state index is 0.110. The average Bonchev–Trinajstić information content (AvgIpc) is 2.67. The summed E-state index contributed by atoms with van der Waals surface area (Å²) in [4.78, 5) is 13.2. The van der Waals surface area contributed by atoms with E-state index in [1.54, 1.807) is 18.3 Å². The minimum Gasteiger partial charge on any atom is -0.370 e. The van der Waals surface area contributed by atoms with E-state index >= 15 is 0 Å². The lowest BCUT2D eigenvalue weighted by atomic mass is 10.1. The molecular weight excluding hydrogens is 376 g/mol. The van der Waals surface area contributed by atoms with Gasteiger partial charge in [0.2, 0.25) is 10.0 Å². The van der Waals surface area contributed by atoms with Crippen LogP contribution in [-0.4, -0.2) is 29.9 Å². The Kier molecular flexibility index (Phi) is 6.17. The number of nitrogens with zero attached hydrogens (tertiary/aromatic N) is 3. The lowest BCUT2D eigenvalue weighted by molar-refractivity contribution is 0.598. The van der Waals surface area contributed by atoms with Crippen molar-refractivity contribution in [1.29, 1.82) is 0 Å². The van der Waals surface area contributed by atoms with Crippen LogP contribution in [0.1, 0.15) is 17.1 Å². The van der Waals surface area contributed by atoms with Gasteiger partial charge in [-0.05, 0) is 43.2 Å². The Hall–Kier alpha value is -3.04. The first-order chi connectivity index (χ1) is 13.4. The van der Waals surface area contributed by atoms with Gasteiger partial charge in [-0.1, -0.05) is 18.2 Å². The van der Waals surface area contributed by atoms with Crippen LogP contribution in [-0.2, 0) is 23.0 Å². The molecule has 2 aromatic heterocycles. The van der Waals surface area contributed by atoms with E-state index in [1.807, 2.05) is 31.2 Å². The van der Waals surface area contributed by atoms with E-state index in [9.17, 15) is 8.42 Å². The van der Waals surface area contributed by atoms with Gasteiger partial charge in [-0.25, -0.2) is 23.5 Å². The highest BCUT2D eigenvalue weighted by Crippen LogP contribution is 2.13. The summed E-state index contributed by atoms with van der Waals surface area (Å²) in [5.41, 5.74) is 1.93. The number of primary sulfonamides is 1. The van der Waals surface area contributed by atoms with Crippen LogP contribution < -0.4 is 15.8 Å². The van der Waals surface area contributed by atoms with E-state index in [0.29, 0.717) is 25.3 Å². The number of aryl methyl sites for hydroxylation is 1. The number of aromatic nitrogens is 3. The maximum atomic E-state index is 11.3. The molecule has 9 heteroatoms. The number of nitrogens with two attached hydrogens (primary N) is 1. The van der Waals surface area contributed by atoms with E-state index in [4.69, 9.17) is 5.14 Å². The lowest BCUT2D eigenvalue weighted by Crippen LogP contribution is -2.12. The maximum absolute atomic E-state index is 11.3. The lowest BCUT2D eigenvalue weighted by Gasteiger charge is -2.10. The SMILES string of the molecule is Cc1nc(NCCc2ccc(S(N)(=O)=O)cc2)cc(NCc2ccccn2)n1. The Balaban J connectivity index is 1.56. The first-order valence-corrected chi connectivity index (χ1v) is 10.3. The summed E-state index contributed by atoms with van der Waals surface area (Å²) in [6.07, 6.45) is 2.47. The van der Waals surface area contributed by atoms with Gasteiger partial charge in [0.15, 0.2) is 0 Å². The molecule has 146 valence electrons. The van der Waals surface area contributed by atoms with Crippen LogP contribution >= 0.6 is 0 Å². The smallest absolute Gasteiger partial charge is 0.238 e. The van der Waals surface area contributed by atoms with Gasteiger partial charge in [-0.15, -0.1) is 0 Å². The molecule has 3 rings (SSSR count). The van der Waals surface area contributed by atoms with E-state index in [1.165, 1.54) is 12.1 Å². The number of hydrogen-bond donors (Lipinski definition) is 3. The molecule has 0 radical (unpaired) electrons. The maximum Gasteiger partial charge on any atom is 0.238 e. The molecule has 0 saturated heterocycles. The van der Waals surface area contributed by atoms with Crippen molar-refractivity contribution >= 4 is 21.7 Å². The molecule has 8 nitrogen and oxygen atoms in total. The fourth-order valence-electron chi connectivity index (χ4n) is 2.61. The number of nitrogens with one attached hydrogen (secondary N) is 2. The third-order valence-electron chi connectivity index (χ3n) is 3.99. The molecule has 0 aliphatic carbocycles. The van der Waals surface area contributed by atoms with Crippen molar-refractivity contribution in [1.82, 2.24) is 15.0 Å². The first-order valence-electron chi connectivity index (χ1n) is 8.75. The van der Waals surface area contributed by atoms with Crippen LogP contribution in [0.25, 0.3) is 0 Å². The molecule has 0 aliphatic rings. The highest BCUT2D eigenvalue weighted by Gasteiger charge is 2.07. The summed E-state index contributed by atoms with van der Waals surface area (Å²) in [7, 11) is -3.66. The van der Waals surface area contributed by atoms with Crippen LogP contribution in [0.3, 0.4) is 0 Å². The van der Waals surface area contributed by atoms with Gasteiger partial charge in [0, 0.05) is 18.8 Å². The average molecular weight is 398 g/mol. The quantitative estimate of drug-likeness (QED) is 0.531. The molecule has 0 saturated carbocycles. The van der Waals surface area contributed by atoms with Crippen molar-refractivity contribution < 1.29 is 8.42 Å². The Bertz CT molecular complexity index is 1020. The molecule has 28 heavy (non-hydrogen) atoms.